The lowest BCUT2D eigenvalue weighted by atomic mass is 10.2. The minimum atomic E-state index is -0.0973. The Balaban J connectivity index is 1.59. The molecule has 4 rings (SSSR count). The second-order valence-corrected chi connectivity index (χ2v) is 10.1. The maximum atomic E-state index is 13.1. The van der Waals surface area contributed by atoms with Crippen LogP contribution in [0.4, 0.5) is 0 Å². The van der Waals surface area contributed by atoms with E-state index < -0.39 is 0 Å². The number of nitrogens with zero attached hydrogens (tertiary/aromatic N) is 3. The van der Waals surface area contributed by atoms with E-state index in [4.69, 9.17) is 9.72 Å². The molecule has 1 atom stereocenters. The van der Waals surface area contributed by atoms with E-state index in [-0.39, 0.29) is 23.1 Å². The number of Topliss-reactive ketones (excluding diaryl/α,β-unsaturated/α-hetero) is 1. The standard InChI is InChI=1S/C25H27N3O3S2/c1-15-11-19(17(3)28(15)16(2)13-31-5)21(29)14-32-25-26-23-20(24(30)27(25)4)12-22(33-23)18-9-7-6-8-10-18/h6-12,16H,13-14H2,1-5H3. The minimum Gasteiger partial charge on any atom is -0.383 e. The first kappa shape index (κ1) is 23.5. The number of fused-ring (bicyclic) bond motifs is 1. The molecule has 8 heteroatoms. The first-order valence-corrected chi connectivity index (χ1v) is 12.5. The van der Waals surface area contributed by atoms with Gasteiger partial charge in [-0.15, -0.1) is 11.3 Å². The van der Waals surface area contributed by atoms with Crippen LogP contribution in [0.2, 0.25) is 0 Å². The highest BCUT2D eigenvalue weighted by Gasteiger charge is 2.20. The molecule has 6 nitrogen and oxygen atoms in total. The molecule has 4 aromatic rings. The number of hydrogen-bond donors (Lipinski definition) is 0. The van der Waals surface area contributed by atoms with Crippen molar-refractivity contribution in [3.05, 3.63) is 69.8 Å². The Morgan fingerprint density at radius 1 is 1.21 bits per heavy atom. The molecule has 0 spiro atoms. The van der Waals surface area contributed by atoms with Gasteiger partial charge in [0.05, 0.1) is 23.8 Å². The van der Waals surface area contributed by atoms with Crippen molar-refractivity contribution in [3.8, 4) is 10.4 Å². The van der Waals surface area contributed by atoms with E-state index in [1.54, 1.807) is 14.2 Å². The van der Waals surface area contributed by atoms with E-state index in [1.807, 2.05) is 56.3 Å². The normalized spacial score (nSPS) is 12.4. The monoisotopic (exact) mass is 481 g/mol. The molecular formula is C25H27N3O3S2. The SMILES string of the molecule is COCC(C)n1c(C)cc(C(=O)CSc2nc3sc(-c4ccccc4)cc3c(=O)n2C)c1C. The van der Waals surface area contributed by atoms with Crippen LogP contribution in [0.15, 0.2) is 52.4 Å². The summed E-state index contributed by atoms with van der Waals surface area (Å²) in [6.07, 6.45) is 0. The van der Waals surface area contributed by atoms with Crippen LogP contribution in [0.1, 0.15) is 34.7 Å². The van der Waals surface area contributed by atoms with Crippen molar-refractivity contribution < 1.29 is 9.53 Å². The van der Waals surface area contributed by atoms with Gasteiger partial charge in [0, 0.05) is 36.0 Å². The molecule has 0 aliphatic heterocycles. The Hall–Kier alpha value is -2.68. The van der Waals surface area contributed by atoms with Crippen LogP contribution < -0.4 is 5.56 Å². The van der Waals surface area contributed by atoms with Crippen LogP contribution in [0.3, 0.4) is 0 Å². The first-order chi connectivity index (χ1) is 15.8. The molecule has 0 radical (unpaired) electrons. The Bertz CT molecular complexity index is 1370. The van der Waals surface area contributed by atoms with Gasteiger partial charge in [0.25, 0.3) is 5.56 Å². The van der Waals surface area contributed by atoms with Gasteiger partial charge >= 0.3 is 0 Å². The molecule has 1 aromatic carbocycles. The molecule has 172 valence electrons. The summed E-state index contributed by atoms with van der Waals surface area (Å²) in [7, 11) is 3.39. The predicted molar refractivity (Wildman–Crippen MR) is 136 cm³/mol. The predicted octanol–water partition coefficient (Wildman–Crippen LogP) is 5.26. The van der Waals surface area contributed by atoms with Crippen LogP contribution >= 0.6 is 23.1 Å². The average Bonchev–Trinajstić information content (AvgIpc) is 3.36. The zero-order valence-electron chi connectivity index (χ0n) is 19.4. The summed E-state index contributed by atoms with van der Waals surface area (Å²) in [5, 5.41) is 1.15. The number of aryl methyl sites for hydroxylation is 1. The highest BCUT2D eigenvalue weighted by atomic mass is 32.2. The van der Waals surface area contributed by atoms with Crippen LogP contribution in [0, 0.1) is 13.8 Å². The molecule has 0 amide bonds. The van der Waals surface area contributed by atoms with Gasteiger partial charge in [-0.3, -0.25) is 14.2 Å². The minimum absolute atomic E-state index is 0.0227. The fourth-order valence-corrected chi connectivity index (χ4v) is 6.12. The van der Waals surface area contributed by atoms with Crippen molar-refractivity contribution in [2.24, 2.45) is 7.05 Å². The summed E-state index contributed by atoms with van der Waals surface area (Å²) < 4.78 is 8.95. The van der Waals surface area contributed by atoms with Crippen molar-refractivity contribution in [2.45, 2.75) is 32.0 Å². The van der Waals surface area contributed by atoms with Crippen molar-refractivity contribution in [3.63, 3.8) is 0 Å². The second-order valence-electron chi connectivity index (χ2n) is 8.13. The molecule has 0 saturated heterocycles. The number of benzene rings is 1. The number of aromatic nitrogens is 3. The number of methoxy groups -OCH3 is 1. The molecule has 0 saturated carbocycles. The molecule has 33 heavy (non-hydrogen) atoms. The first-order valence-electron chi connectivity index (χ1n) is 10.7. The van der Waals surface area contributed by atoms with E-state index in [1.165, 1.54) is 27.7 Å². The fourth-order valence-electron chi connectivity index (χ4n) is 4.18. The van der Waals surface area contributed by atoms with E-state index in [0.29, 0.717) is 27.5 Å². The fraction of sp³-hybridized carbons (Fsp3) is 0.320. The maximum absolute atomic E-state index is 13.1. The van der Waals surface area contributed by atoms with Gasteiger partial charge in [-0.05, 0) is 38.5 Å². The van der Waals surface area contributed by atoms with Crippen molar-refractivity contribution >= 4 is 39.1 Å². The van der Waals surface area contributed by atoms with Gasteiger partial charge in [-0.25, -0.2) is 4.98 Å². The van der Waals surface area contributed by atoms with Gasteiger partial charge < -0.3 is 9.30 Å². The quantitative estimate of drug-likeness (QED) is 0.195. The maximum Gasteiger partial charge on any atom is 0.262 e. The second kappa shape index (κ2) is 9.67. The summed E-state index contributed by atoms with van der Waals surface area (Å²) in [5.74, 6) is 0.237. The highest BCUT2D eigenvalue weighted by Crippen LogP contribution is 2.32. The Morgan fingerprint density at radius 3 is 2.64 bits per heavy atom. The zero-order chi connectivity index (χ0) is 23.7. The van der Waals surface area contributed by atoms with Crippen LogP contribution in [0.25, 0.3) is 20.7 Å². The molecule has 0 aliphatic carbocycles. The van der Waals surface area contributed by atoms with E-state index >= 15 is 0 Å². The molecule has 3 heterocycles. The Kier molecular flexibility index (Phi) is 6.88. The number of carbonyl (C=O) groups excluding carboxylic acids is 1. The lowest BCUT2D eigenvalue weighted by molar-refractivity contribution is 0.102. The molecule has 0 aliphatic rings. The number of carbonyl (C=O) groups is 1. The van der Waals surface area contributed by atoms with E-state index in [2.05, 4.69) is 11.5 Å². The number of thioether (sulfide) groups is 1. The summed E-state index contributed by atoms with van der Waals surface area (Å²) >= 11 is 2.80. The summed E-state index contributed by atoms with van der Waals surface area (Å²) in [6.45, 7) is 6.62. The number of hydrogen-bond acceptors (Lipinski definition) is 6. The summed E-state index contributed by atoms with van der Waals surface area (Å²) in [6, 6.07) is 13.9. The van der Waals surface area contributed by atoms with E-state index in [0.717, 1.165) is 21.8 Å². The third-order valence-corrected chi connectivity index (χ3v) is 7.86. The van der Waals surface area contributed by atoms with Crippen LogP contribution in [0.5, 0.6) is 0 Å². The van der Waals surface area contributed by atoms with Gasteiger partial charge in [0.1, 0.15) is 4.83 Å². The molecule has 0 bridgehead atoms. The third kappa shape index (κ3) is 4.55. The summed E-state index contributed by atoms with van der Waals surface area (Å²) in [5.41, 5.74) is 3.64. The van der Waals surface area contributed by atoms with Crippen molar-refractivity contribution in [1.82, 2.24) is 14.1 Å². The highest BCUT2D eigenvalue weighted by molar-refractivity contribution is 7.99. The Labute approximate surface area is 201 Å². The largest absolute Gasteiger partial charge is 0.383 e. The van der Waals surface area contributed by atoms with Gasteiger partial charge in [0.2, 0.25) is 0 Å². The van der Waals surface area contributed by atoms with Gasteiger partial charge in [0.15, 0.2) is 10.9 Å². The van der Waals surface area contributed by atoms with E-state index in [9.17, 15) is 9.59 Å². The lowest BCUT2D eigenvalue weighted by Crippen LogP contribution is -2.19. The molecule has 1 unspecified atom stereocenters. The molecule has 0 N–H and O–H groups in total. The van der Waals surface area contributed by atoms with Crippen LogP contribution in [-0.4, -0.2) is 39.4 Å². The molecule has 0 fully saturated rings. The van der Waals surface area contributed by atoms with Crippen molar-refractivity contribution in [1.29, 1.82) is 0 Å². The lowest BCUT2D eigenvalue weighted by Gasteiger charge is -2.17. The number of rotatable bonds is 8. The topological polar surface area (TPSA) is 66.1 Å². The van der Waals surface area contributed by atoms with Crippen molar-refractivity contribution in [2.75, 3.05) is 19.5 Å². The Morgan fingerprint density at radius 2 is 1.94 bits per heavy atom. The number of thiophene rings is 1. The van der Waals surface area contributed by atoms with Crippen LogP contribution in [-0.2, 0) is 11.8 Å². The molecule has 3 aromatic heterocycles. The third-order valence-electron chi connectivity index (χ3n) is 5.76. The zero-order valence-corrected chi connectivity index (χ0v) is 21.0. The molecular weight excluding hydrogens is 454 g/mol. The summed E-state index contributed by atoms with van der Waals surface area (Å²) in [4.78, 5) is 32.4. The van der Waals surface area contributed by atoms with Gasteiger partial charge in [-0.1, -0.05) is 42.1 Å². The smallest absolute Gasteiger partial charge is 0.262 e. The average molecular weight is 482 g/mol. The van der Waals surface area contributed by atoms with Gasteiger partial charge in [-0.2, -0.15) is 0 Å². The number of ketones is 1. The number of ether oxygens (including phenoxy) is 1.